The summed E-state index contributed by atoms with van der Waals surface area (Å²) in [6.45, 7) is 0.599. The van der Waals surface area contributed by atoms with Gasteiger partial charge in [-0.25, -0.2) is 13.1 Å². The van der Waals surface area contributed by atoms with Crippen molar-refractivity contribution in [2.75, 3.05) is 18.9 Å². The van der Waals surface area contributed by atoms with E-state index in [2.05, 4.69) is 4.72 Å². The molecule has 0 atom stereocenters. The van der Waals surface area contributed by atoms with Crippen molar-refractivity contribution in [3.63, 3.8) is 0 Å². The average Bonchev–Trinajstić information content (AvgIpc) is 2.52. The van der Waals surface area contributed by atoms with E-state index in [1.54, 1.807) is 0 Å². The summed E-state index contributed by atoms with van der Waals surface area (Å²) in [7, 11) is -3.98. The van der Waals surface area contributed by atoms with E-state index >= 15 is 0 Å². The molecule has 4 N–H and O–H groups in total. The third-order valence-electron chi connectivity index (χ3n) is 3.03. The second-order valence-corrected chi connectivity index (χ2v) is 6.86. The Labute approximate surface area is 139 Å². The first-order valence-electron chi connectivity index (χ1n) is 6.80. The van der Waals surface area contributed by atoms with E-state index in [1.165, 1.54) is 12.1 Å². The Kier molecular flexibility index (Phi) is 5.84. The molecule has 0 saturated heterocycles. The summed E-state index contributed by atoms with van der Waals surface area (Å²) in [5, 5.41) is 9.70. The van der Waals surface area contributed by atoms with Crippen LogP contribution in [0.5, 0.6) is 5.75 Å². The van der Waals surface area contributed by atoms with Gasteiger partial charge in [-0.1, -0.05) is 41.9 Å². The Balaban J connectivity index is 1.91. The van der Waals surface area contributed by atoms with Crippen molar-refractivity contribution in [2.24, 2.45) is 0 Å². The first-order chi connectivity index (χ1) is 10.9. The summed E-state index contributed by atoms with van der Waals surface area (Å²) in [6.07, 6.45) is 0. The Morgan fingerprint density at radius 1 is 1.17 bits per heavy atom. The number of phenolic OH excluding ortho intramolecular Hbond substituents is 1. The van der Waals surface area contributed by atoms with Gasteiger partial charge in [-0.3, -0.25) is 0 Å². The van der Waals surface area contributed by atoms with Crippen LogP contribution in [-0.2, 0) is 21.4 Å². The maximum Gasteiger partial charge on any atom is 0.245 e. The number of ether oxygens (including phenoxy) is 1. The molecule has 0 aliphatic carbocycles. The second kappa shape index (κ2) is 7.65. The van der Waals surface area contributed by atoms with Crippen LogP contribution >= 0.6 is 11.6 Å². The maximum absolute atomic E-state index is 12.2. The highest BCUT2D eigenvalue weighted by molar-refractivity contribution is 7.89. The summed E-state index contributed by atoms with van der Waals surface area (Å²) in [5.41, 5.74) is 6.43. The topological polar surface area (TPSA) is 102 Å². The highest BCUT2D eigenvalue weighted by Gasteiger charge is 2.23. The normalized spacial score (nSPS) is 11.5. The number of sulfonamides is 1. The molecule has 0 aliphatic heterocycles. The van der Waals surface area contributed by atoms with E-state index in [1.807, 2.05) is 30.3 Å². The third kappa shape index (κ3) is 4.59. The fourth-order valence-corrected chi connectivity index (χ4v) is 3.55. The van der Waals surface area contributed by atoms with Crippen LogP contribution in [0.4, 0.5) is 5.69 Å². The molecule has 0 amide bonds. The predicted octanol–water partition coefficient (Wildman–Crippen LogP) is 2.12. The van der Waals surface area contributed by atoms with E-state index in [0.717, 1.165) is 5.56 Å². The Hall–Kier alpha value is -1.80. The minimum absolute atomic E-state index is 0.0414. The Morgan fingerprint density at radius 2 is 1.87 bits per heavy atom. The molecule has 0 radical (unpaired) electrons. The van der Waals surface area contributed by atoms with Crippen LogP contribution in [0.3, 0.4) is 0 Å². The quantitative estimate of drug-likeness (QED) is 0.400. The average molecular weight is 357 g/mol. The third-order valence-corrected chi connectivity index (χ3v) is 5.00. The van der Waals surface area contributed by atoms with Crippen LogP contribution in [0, 0.1) is 0 Å². The number of phenols is 1. The van der Waals surface area contributed by atoms with Crippen LogP contribution < -0.4 is 10.5 Å². The highest BCUT2D eigenvalue weighted by Crippen LogP contribution is 2.34. The van der Waals surface area contributed by atoms with Crippen molar-refractivity contribution in [2.45, 2.75) is 11.5 Å². The highest BCUT2D eigenvalue weighted by atomic mass is 35.5. The van der Waals surface area contributed by atoms with Gasteiger partial charge in [-0.15, -0.1) is 0 Å². The van der Waals surface area contributed by atoms with E-state index in [9.17, 15) is 13.5 Å². The lowest BCUT2D eigenvalue weighted by Crippen LogP contribution is -2.28. The van der Waals surface area contributed by atoms with Crippen LogP contribution in [0.1, 0.15) is 5.56 Å². The van der Waals surface area contributed by atoms with Gasteiger partial charge in [-0.05, 0) is 17.7 Å². The number of hydrogen-bond donors (Lipinski definition) is 3. The van der Waals surface area contributed by atoms with Gasteiger partial charge in [0, 0.05) is 6.54 Å². The van der Waals surface area contributed by atoms with Gasteiger partial charge in [-0.2, -0.15) is 0 Å². The number of aromatic hydroxyl groups is 1. The summed E-state index contributed by atoms with van der Waals surface area (Å²) < 4.78 is 32.1. The summed E-state index contributed by atoms with van der Waals surface area (Å²) in [4.78, 5) is -0.428. The smallest absolute Gasteiger partial charge is 0.245 e. The molecular weight excluding hydrogens is 340 g/mol. The molecule has 0 fully saturated rings. The second-order valence-electron chi connectivity index (χ2n) is 4.75. The van der Waals surface area contributed by atoms with Crippen molar-refractivity contribution in [3.8, 4) is 5.75 Å². The van der Waals surface area contributed by atoms with Crippen molar-refractivity contribution >= 4 is 27.3 Å². The molecule has 6 nitrogen and oxygen atoms in total. The maximum atomic E-state index is 12.2. The van der Waals surface area contributed by atoms with Crippen molar-refractivity contribution in [1.82, 2.24) is 4.72 Å². The minimum atomic E-state index is -3.98. The first-order valence-corrected chi connectivity index (χ1v) is 8.66. The molecule has 2 aromatic carbocycles. The van der Waals surface area contributed by atoms with Gasteiger partial charge in [0.25, 0.3) is 0 Å². The Bertz CT molecular complexity index is 767. The van der Waals surface area contributed by atoms with Gasteiger partial charge in [0.2, 0.25) is 10.0 Å². The zero-order valence-electron chi connectivity index (χ0n) is 12.2. The largest absolute Gasteiger partial charge is 0.504 e. The Morgan fingerprint density at radius 3 is 2.57 bits per heavy atom. The number of nitrogen functional groups attached to an aromatic ring is 1. The van der Waals surface area contributed by atoms with E-state index in [4.69, 9.17) is 22.1 Å². The standard InChI is InChI=1S/C15H17ClN2O4S/c16-12-6-7-13(17)14(19)15(12)23(20,21)18-8-9-22-10-11-4-2-1-3-5-11/h1-7,18-19H,8-10,17H2. The fraction of sp³-hybridized carbons (Fsp3) is 0.200. The molecule has 23 heavy (non-hydrogen) atoms. The zero-order valence-corrected chi connectivity index (χ0v) is 13.8. The van der Waals surface area contributed by atoms with E-state index < -0.39 is 20.7 Å². The van der Waals surface area contributed by atoms with Gasteiger partial charge in [0.05, 0.1) is 23.9 Å². The fourth-order valence-electron chi connectivity index (χ4n) is 1.90. The lowest BCUT2D eigenvalue weighted by molar-refractivity contribution is 0.126. The van der Waals surface area contributed by atoms with Crippen LogP contribution in [0.15, 0.2) is 47.4 Å². The number of hydrogen-bond acceptors (Lipinski definition) is 5. The summed E-state index contributed by atoms with van der Waals surface area (Å²) >= 11 is 5.84. The SMILES string of the molecule is Nc1ccc(Cl)c(S(=O)(=O)NCCOCc2ccccc2)c1O. The number of anilines is 1. The van der Waals surface area contributed by atoms with Crippen LogP contribution in [0.2, 0.25) is 5.02 Å². The van der Waals surface area contributed by atoms with Crippen molar-refractivity contribution < 1.29 is 18.3 Å². The summed E-state index contributed by atoms with van der Waals surface area (Å²) in [5.74, 6) is -0.560. The van der Waals surface area contributed by atoms with Gasteiger partial charge in [0.1, 0.15) is 4.90 Å². The molecule has 0 unspecified atom stereocenters. The van der Waals surface area contributed by atoms with Gasteiger partial charge >= 0.3 is 0 Å². The molecule has 2 rings (SSSR count). The van der Waals surface area contributed by atoms with Gasteiger partial charge < -0.3 is 15.6 Å². The van der Waals surface area contributed by atoms with Crippen LogP contribution in [-0.4, -0.2) is 26.7 Å². The van der Waals surface area contributed by atoms with Crippen molar-refractivity contribution in [3.05, 3.63) is 53.1 Å². The molecule has 0 aliphatic rings. The minimum Gasteiger partial charge on any atom is -0.504 e. The first kappa shape index (κ1) is 17.6. The molecule has 0 spiro atoms. The number of benzene rings is 2. The molecule has 0 heterocycles. The molecule has 124 valence electrons. The number of rotatable bonds is 7. The monoisotopic (exact) mass is 356 g/mol. The molecule has 0 aromatic heterocycles. The van der Waals surface area contributed by atoms with E-state index in [-0.39, 0.29) is 23.9 Å². The number of nitrogens with one attached hydrogen (secondary N) is 1. The lowest BCUT2D eigenvalue weighted by atomic mass is 10.2. The molecule has 0 bridgehead atoms. The molecule has 8 heteroatoms. The summed E-state index contributed by atoms with van der Waals surface area (Å²) in [6, 6.07) is 12.2. The van der Waals surface area contributed by atoms with E-state index in [0.29, 0.717) is 6.61 Å². The molecule has 0 saturated carbocycles. The van der Waals surface area contributed by atoms with Crippen molar-refractivity contribution in [1.29, 1.82) is 0 Å². The molecule has 2 aromatic rings. The van der Waals surface area contributed by atoms with Crippen LogP contribution in [0.25, 0.3) is 0 Å². The van der Waals surface area contributed by atoms with Gasteiger partial charge in [0.15, 0.2) is 5.75 Å². The molecular formula is C15H17ClN2O4S. The predicted molar refractivity (Wildman–Crippen MR) is 88.8 cm³/mol. The number of halogens is 1. The zero-order chi connectivity index (χ0) is 16.9. The number of nitrogens with two attached hydrogens (primary N) is 1. The lowest BCUT2D eigenvalue weighted by Gasteiger charge is -2.11.